The molecule has 19 heavy (non-hydrogen) atoms. The van der Waals surface area contributed by atoms with Gasteiger partial charge < -0.3 is 15.0 Å². The Morgan fingerprint density at radius 2 is 2.21 bits per heavy atom. The van der Waals surface area contributed by atoms with Crippen LogP contribution in [0.5, 0.6) is 0 Å². The van der Waals surface area contributed by atoms with Gasteiger partial charge in [0.05, 0.1) is 6.10 Å². The second-order valence-electron chi connectivity index (χ2n) is 5.69. The number of hydrogen-bond donors (Lipinski definition) is 1. The molecule has 1 N–H and O–H groups in total. The summed E-state index contributed by atoms with van der Waals surface area (Å²) in [5.41, 5.74) is 0. The molecule has 0 aromatic heterocycles. The van der Waals surface area contributed by atoms with Gasteiger partial charge in [0.1, 0.15) is 12.1 Å². The van der Waals surface area contributed by atoms with E-state index in [2.05, 4.69) is 5.32 Å². The number of rotatable bonds is 4. The summed E-state index contributed by atoms with van der Waals surface area (Å²) in [6, 6.07) is -0.771. The van der Waals surface area contributed by atoms with E-state index in [1.165, 1.54) is 0 Å². The Balaban J connectivity index is 2.15. The van der Waals surface area contributed by atoms with E-state index in [1.54, 1.807) is 11.8 Å². The van der Waals surface area contributed by atoms with Crippen LogP contribution in [0.3, 0.4) is 0 Å². The van der Waals surface area contributed by atoms with E-state index >= 15 is 0 Å². The monoisotopic (exact) mass is 268 g/mol. The Hall–Kier alpha value is -1.10. The molecule has 2 heterocycles. The highest BCUT2D eigenvalue weighted by Crippen LogP contribution is 2.23. The number of piperazine rings is 1. The Bertz CT molecular complexity index is 353. The second kappa shape index (κ2) is 5.90. The van der Waals surface area contributed by atoms with E-state index in [0.717, 1.165) is 25.9 Å². The van der Waals surface area contributed by atoms with Gasteiger partial charge in [-0.15, -0.1) is 0 Å². The summed E-state index contributed by atoms with van der Waals surface area (Å²) in [5.74, 6) is 0.151. The largest absolute Gasteiger partial charge is 0.376 e. The molecular weight excluding hydrogens is 244 g/mol. The molecule has 2 saturated heterocycles. The molecule has 2 rings (SSSR count). The van der Waals surface area contributed by atoms with Gasteiger partial charge in [-0.1, -0.05) is 20.3 Å². The molecule has 0 radical (unpaired) electrons. The van der Waals surface area contributed by atoms with Gasteiger partial charge >= 0.3 is 0 Å². The standard InChI is InChI=1S/C14H24N2O3/c1-4-9(2)12-13(17)15-10(3)14(18)16(12)8-11-6-5-7-19-11/h9-12H,4-8H2,1-3H3,(H,15,17). The van der Waals surface area contributed by atoms with Crippen LogP contribution in [0.25, 0.3) is 0 Å². The fourth-order valence-electron chi connectivity index (χ4n) is 2.89. The number of carbonyl (C=O) groups is 2. The van der Waals surface area contributed by atoms with Gasteiger partial charge in [-0.3, -0.25) is 9.59 Å². The van der Waals surface area contributed by atoms with Crippen LogP contribution < -0.4 is 5.32 Å². The highest BCUT2D eigenvalue weighted by molar-refractivity contribution is 5.96. The third kappa shape index (κ3) is 2.91. The van der Waals surface area contributed by atoms with Crippen molar-refractivity contribution in [2.24, 2.45) is 5.92 Å². The summed E-state index contributed by atoms with van der Waals surface area (Å²) >= 11 is 0. The number of nitrogens with one attached hydrogen (secondary N) is 1. The topological polar surface area (TPSA) is 58.6 Å². The van der Waals surface area contributed by atoms with Crippen LogP contribution in [0.2, 0.25) is 0 Å². The lowest BCUT2D eigenvalue weighted by molar-refractivity contribution is -0.152. The molecule has 0 aromatic carbocycles. The average molecular weight is 268 g/mol. The van der Waals surface area contributed by atoms with E-state index in [9.17, 15) is 9.59 Å². The van der Waals surface area contributed by atoms with Crippen molar-refractivity contribution in [2.45, 2.75) is 58.2 Å². The first-order valence-electron chi connectivity index (χ1n) is 7.27. The van der Waals surface area contributed by atoms with Gasteiger partial charge in [-0.05, 0) is 25.7 Å². The summed E-state index contributed by atoms with van der Waals surface area (Å²) in [5, 5.41) is 2.78. The molecule has 0 bridgehead atoms. The highest BCUT2D eigenvalue weighted by Gasteiger charge is 2.42. The summed E-state index contributed by atoms with van der Waals surface area (Å²) in [6.07, 6.45) is 2.99. The lowest BCUT2D eigenvalue weighted by Crippen LogP contribution is -2.65. The van der Waals surface area contributed by atoms with E-state index in [0.29, 0.717) is 6.54 Å². The molecule has 0 aromatic rings. The summed E-state index contributed by atoms with van der Waals surface area (Å²) in [6.45, 7) is 7.13. The molecule has 0 saturated carbocycles. The number of nitrogens with zero attached hydrogens (tertiary/aromatic N) is 1. The van der Waals surface area contributed by atoms with Gasteiger partial charge in [0.2, 0.25) is 11.8 Å². The molecule has 4 atom stereocenters. The summed E-state index contributed by atoms with van der Waals surface area (Å²) in [4.78, 5) is 26.3. The van der Waals surface area contributed by atoms with Crippen molar-refractivity contribution in [2.75, 3.05) is 13.2 Å². The van der Waals surface area contributed by atoms with Crippen molar-refractivity contribution >= 4 is 11.8 Å². The van der Waals surface area contributed by atoms with E-state index in [1.807, 2.05) is 13.8 Å². The minimum atomic E-state index is -0.422. The summed E-state index contributed by atoms with van der Waals surface area (Å²) in [7, 11) is 0. The van der Waals surface area contributed by atoms with Crippen LogP contribution in [-0.4, -0.2) is 48.1 Å². The van der Waals surface area contributed by atoms with Gasteiger partial charge in [0.15, 0.2) is 0 Å². The van der Waals surface area contributed by atoms with Gasteiger partial charge in [0.25, 0.3) is 0 Å². The Labute approximate surface area is 114 Å². The quantitative estimate of drug-likeness (QED) is 0.825. The van der Waals surface area contributed by atoms with Crippen molar-refractivity contribution in [3.05, 3.63) is 0 Å². The molecule has 4 unspecified atom stereocenters. The molecule has 2 aliphatic rings. The number of hydrogen-bond acceptors (Lipinski definition) is 3. The highest BCUT2D eigenvalue weighted by atomic mass is 16.5. The van der Waals surface area contributed by atoms with Crippen LogP contribution in [0.15, 0.2) is 0 Å². The Kier molecular flexibility index (Phi) is 4.45. The lowest BCUT2D eigenvalue weighted by Gasteiger charge is -2.41. The first-order valence-corrected chi connectivity index (χ1v) is 7.27. The zero-order valence-corrected chi connectivity index (χ0v) is 12.0. The molecule has 5 heteroatoms. The van der Waals surface area contributed by atoms with Gasteiger partial charge in [0, 0.05) is 13.2 Å². The summed E-state index contributed by atoms with van der Waals surface area (Å²) < 4.78 is 5.61. The maximum atomic E-state index is 12.3. The smallest absolute Gasteiger partial charge is 0.245 e. The van der Waals surface area contributed by atoms with Crippen molar-refractivity contribution < 1.29 is 14.3 Å². The molecule has 0 aliphatic carbocycles. The minimum Gasteiger partial charge on any atom is -0.376 e. The average Bonchev–Trinajstić information content (AvgIpc) is 2.88. The molecule has 2 aliphatic heterocycles. The fourth-order valence-corrected chi connectivity index (χ4v) is 2.89. The maximum Gasteiger partial charge on any atom is 0.245 e. The van der Waals surface area contributed by atoms with Crippen LogP contribution in [0.4, 0.5) is 0 Å². The lowest BCUT2D eigenvalue weighted by atomic mass is 9.93. The molecule has 5 nitrogen and oxygen atoms in total. The molecule has 2 amide bonds. The first kappa shape index (κ1) is 14.3. The molecule has 2 fully saturated rings. The van der Waals surface area contributed by atoms with Crippen LogP contribution in [-0.2, 0) is 14.3 Å². The van der Waals surface area contributed by atoms with Crippen LogP contribution >= 0.6 is 0 Å². The maximum absolute atomic E-state index is 12.3. The molecular formula is C14H24N2O3. The third-order valence-electron chi connectivity index (χ3n) is 4.22. The zero-order valence-electron chi connectivity index (χ0n) is 12.0. The van der Waals surface area contributed by atoms with E-state index < -0.39 is 6.04 Å². The van der Waals surface area contributed by atoms with E-state index in [-0.39, 0.29) is 29.9 Å². The number of carbonyl (C=O) groups excluding carboxylic acids is 2. The number of amides is 2. The Morgan fingerprint density at radius 1 is 1.47 bits per heavy atom. The predicted molar refractivity (Wildman–Crippen MR) is 71.5 cm³/mol. The van der Waals surface area contributed by atoms with Gasteiger partial charge in [-0.25, -0.2) is 0 Å². The van der Waals surface area contributed by atoms with Crippen LogP contribution in [0, 0.1) is 5.92 Å². The molecule has 0 spiro atoms. The normalized spacial score (nSPS) is 33.4. The first-order chi connectivity index (χ1) is 9.04. The third-order valence-corrected chi connectivity index (χ3v) is 4.22. The van der Waals surface area contributed by atoms with Crippen molar-refractivity contribution in [3.8, 4) is 0 Å². The van der Waals surface area contributed by atoms with Crippen LogP contribution in [0.1, 0.15) is 40.0 Å². The number of ether oxygens (including phenoxy) is 1. The van der Waals surface area contributed by atoms with E-state index in [4.69, 9.17) is 4.74 Å². The zero-order chi connectivity index (χ0) is 14.0. The minimum absolute atomic E-state index is 0.0143. The fraction of sp³-hybridized carbons (Fsp3) is 0.857. The van der Waals surface area contributed by atoms with Crippen molar-refractivity contribution in [3.63, 3.8) is 0 Å². The van der Waals surface area contributed by atoms with Crippen molar-refractivity contribution in [1.82, 2.24) is 10.2 Å². The second-order valence-corrected chi connectivity index (χ2v) is 5.69. The molecule has 108 valence electrons. The Morgan fingerprint density at radius 3 is 2.79 bits per heavy atom. The SMILES string of the molecule is CCC(C)C1C(=O)NC(C)C(=O)N1CC1CCCO1. The van der Waals surface area contributed by atoms with Gasteiger partial charge in [-0.2, -0.15) is 0 Å². The predicted octanol–water partition coefficient (Wildman–Crippen LogP) is 0.927. The van der Waals surface area contributed by atoms with Crippen molar-refractivity contribution in [1.29, 1.82) is 0 Å².